The van der Waals surface area contributed by atoms with Crippen molar-refractivity contribution >= 4 is 19.7 Å². The van der Waals surface area contributed by atoms with E-state index in [4.69, 9.17) is 13.8 Å². The molecule has 2 atom stereocenters. The van der Waals surface area contributed by atoms with Crippen LogP contribution < -0.4 is 5.32 Å². The SMILES string of the molecule is CCCCC/C=C\CCCCCCCC(=O)NCCOP(=O)(O)OCC(O)COC(=O)CCCCCCCCC/C=C\C/C=C\CCCCCC. The van der Waals surface area contributed by atoms with Crippen LogP contribution in [0.25, 0.3) is 0 Å². The zero-order chi connectivity index (χ0) is 37.5. The average Bonchev–Trinajstić information content (AvgIpc) is 3.11. The maximum absolute atomic E-state index is 12.1. The van der Waals surface area contributed by atoms with Crippen LogP contribution in [0.15, 0.2) is 36.5 Å². The number of rotatable bonds is 38. The van der Waals surface area contributed by atoms with E-state index >= 15 is 0 Å². The van der Waals surface area contributed by atoms with Crippen LogP contribution in [0, 0.1) is 0 Å². The maximum atomic E-state index is 12.1. The van der Waals surface area contributed by atoms with Crippen molar-refractivity contribution < 1.29 is 37.9 Å². The van der Waals surface area contributed by atoms with Crippen molar-refractivity contribution in [2.45, 2.75) is 187 Å². The molecule has 9 nitrogen and oxygen atoms in total. The molecule has 10 heteroatoms. The highest BCUT2D eigenvalue weighted by atomic mass is 31.2. The Hall–Kier alpha value is -1.77. The third-order valence-corrected chi connectivity index (χ3v) is 9.53. The van der Waals surface area contributed by atoms with E-state index in [0.29, 0.717) is 6.42 Å². The lowest BCUT2D eigenvalue weighted by Crippen LogP contribution is -2.27. The number of ether oxygens (including phenoxy) is 1. The highest BCUT2D eigenvalue weighted by Gasteiger charge is 2.23. The second kappa shape index (κ2) is 38.0. The number of phosphoric ester groups is 1. The van der Waals surface area contributed by atoms with E-state index in [0.717, 1.165) is 70.6 Å². The molecule has 0 saturated carbocycles. The lowest BCUT2D eigenvalue weighted by atomic mass is 10.1. The van der Waals surface area contributed by atoms with E-state index in [1.807, 2.05) is 0 Å². The first-order chi connectivity index (χ1) is 24.8. The second-order valence-electron chi connectivity index (χ2n) is 13.6. The standard InChI is InChI=1S/C41H76NO8P/c1-3-5-7-9-11-13-15-17-18-19-20-21-22-24-26-28-30-32-34-41(45)48-37-39(43)38-50-51(46,47)49-36-35-42-40(44)33-31-29-27-25-23-16-14-12-10-8-6-4-2/h12-15,18-19,39,43H,3-11,16-17,20-38H2,1-2H3,(H,42,44)(H,46,47)/b14-12-,15-13-,19-18-. The fraction of sp³-hybridized carbons (Fsp3) is 0.805. The molecular weight excluding hydrogens is 665 g/mol. The molecule has 0 spiro atoms. The molecule has 0 aromatic heterocycles. The van der Waals surface area contributed by atoms with Gasteiger partial charge in [-0.05, 0) is 70.6 Å². The number of aliphatic hydroxyl groups is 1. The van der Waals surface area contributed by atoms with Gasteiger partial charge in [-0.25, -0.2) is 4.57 Å². The number of esters is 1. The highest BCUT2D eigenvalue weighted by molar-refractivity contribution is 7.47. The summed E-state index contributed by atoms with van der Waals surface area (Å²) in [4.78, 5) is 33.8. The van der Waals surface area contributed by atoms with Crippen LogP contribution in [-0.2, 0) is 27.9 Å². The molecule has 0 aromatic carbocycles. The third kappa shape index (κ3) is 39.3. The molecule has 298 valence electrons. The number of phosphoric acid groups is 1. The van der Waals surface area contributed by atoms with Gasteiger partial charge in [-0.3, -0.25) is 18.6 Å². The van der Waals surface area contributed by atoms with Gasteiger partial charge >= 0.3 is 13.8 Å². The number of aliphatic hydroxyl groups excluding tert-OH is 1. The van der Waals surface area contributed by atoms with Crippen LogP contribution in [-0.4, -0.2) is 54.3 Å². The number of allylic oxidation sites excluding steroid dienone is 6. The van der Waals surface area contributed by atoms with Crippen molar-refractivity contribution in [2.75, 3.05) is 26.4 Å². The van der Waals surface area contributed by atoms with Crippen LogP contribution in [0.1, 0.15) is 181 Å². The molecule has 0 rings (SSSR count). The first kappa shape index (κ1) is 49.2. The molecule has 0 fully saturated rings. The normalized spacial score (nSPS) is 13.7. The van der Waals surface area contributed by atoms with Gasteiger partial charge in [0, 0.05) is 19.4 Å². The zero-order valence-electron chi connectivity index (χ0n) is 32.5. The van der Waals surface area contributed by atoms with Crippen LogP contribution in [0.3, 0.4) is 0 Å². The molecule has 0 aromatic rings. The quantitative estimate of drug-likeness (QED) is 0.0247. The Kier molecular flexibility index (Phi) is 36.7. The molecule has 3 N–H and O–H groups in total. The van der Waals surface area contributed by atoms with E-state index in [1.54, 1.807) is 0 Å². The minimum absolute atomic E-state index is 0.0761. The van der Waals surface area contributed by atoms with Gasteiger partial charge in [-0.15, -0.1) is 0 Å². The monoisotopic (exact) mass is 742 g/mol. The van der Waals surface area contributed by atoms with Crippen LogP contribution in [0.2, 0.25) is 0 Å². The van der Waals surface area contributed by atoms with E-state index < -0.39 is 26.5 Å². The average molecular weight is 742 g/mol. The molecule has 51 heavy (non-hydrogen) atoms. The molecule has 0 saturated heterocycles. The predicted molar refractivity (Wildman–Crippen MR) is 211 cm³/mol. The largest absolute Gasteiger partial charge is 0.472 e. The minimum Gasteiger partial charge on any atom is -0.463 e. The van der Waals surface area contributed by atoms with Crippen molar-refractivity contribution in [3.63, 3.8) is 0 Å². The highest BCUT2D eigenvalue weighted by Crippen LogP contribution is 2.42. The van der Waals surface area contributed by atoms with Crippen molar-refractivity contribution in [3.8, 4) is 0 Å². The number of amides is 1. The van der Waals surface area contributed by atoms with Gasteiger partial charge in [0.2, 0.25) is 5.91 Å². The van der Waals surface area contributed by atoms with E-state index in [1.165, 1.54) is 83.5 Å². The maximum Gasteiger partial charge on any atom is 0.472 e. The third-order valence-electron chi connectivity index (χ3n) is 8.54. The van der Waals surface area contributed by atoms with Crippen molar-refractivity contribution in [1.29, 1.82) is 0 Å². The first-order valence-electron chi connectivity index (χ1n) is 20.5. The first-order valence-corrected chi connectivity index (χ1v) is 22.0. The molecule has 1 amide bonds. The van der Waals surface area contributed by atoms with E-state index in [9.17, 15) is 24.2 Å². The Bertz CT molecular complexity index is 939. The Balaban J connectivity index is 3.63. The minimum atomic E-state index is -4.41. The van der Waals surface area contributed by atoms with Gasteiger partial charge in [0.1, 0.15) is 12.7 Å². The lowest BCUT2D eigenvalue weighted by molar-refractivity contribution is -0.147. The summed E-state index contributed by atoms with van der Waals surface area (Å²) in [5, 5.41) is 12.7. The zero-order valence-corrected chi connectivity index (χ0v) is 33.4. The Morgan fingerprint density at radius 3 is 1.63 bits per heavy atom. The van der Waals surface area contributed by atoms with Gasteiger partial charge in [0.25, 0.3) is 0 Å². The number of unbranched alkanes of at least 4 members (excludes halogenated alkanes) is 19. The van der Waals surface area contributed by atoms with Crippen LogP contribution in [0.4, 0.5) is 0 Å². The molecule has 0 aliphatic carbocycles. The number of hydrogen-bond acceptors (Lipinski definition) is 7. The fourth-order valence-corrected chi connectivity index (χ4v) is 6.16. The van der Waals surface area contributed by atoms with Gasteiger partial charge < -0.3 is 20.1 Å². The second-order valence-corrected chi connectivity index (χ2v) is 15.1. The number of hydrogen-bond donors (Lipinski definition) is 3. The number of carbonyl (C=O) groups is 2. The van der Waals surface area contributed by atoms with Crippen LogP contribution in [0.5, 0.6) is 0 Å². The van der Waals surface area contributed by atoms with Gasteiger partial charge in [0.05, 0.1) is 13.2 Å². The summed E-state index contributed by atoms with van der Waals surface area (Å²) in [6.07, 6.45) is 40.7. The topological polar surface area (TPSA) is 131 Å². The van der Waals surface area contributed by atoms with Gasteiger partial charge in [-0.2, -0.15) is 0 Å². The summed E-state index contributed by atoms with van der Waals surface area (Å²) in [6.45, 7) is 3.49. The summed E-state index contributed by atoms with van der Waals surface area (Å²) in [5.41, 5.74) is 0. The van der Waals surface area contributed by atoms with E-state index in [-0.39, 0.29) is 32.1 Å². The summed E-state index contributed by atoms with van der Waals surface area (Å²) in [7, 11) is -4.41. The molecular formula is C41H76NO8P. The Labute approximate surface area is 312 Å². The smallest absolute Gasteiger partial charge is 0.463 e. The molecule has 0 aliphatic heterocycles. The predicted octanol–water partition coefficient (Wildman–Crippen LogP) is 11.0. The molecule has 2 unspecified atom stereocenters. The number of carbonyl (C=O) groups excluding carboxylic acids is 2. The summed E-state index contributed by atoms with van der Waals surface area (Å²) < 4.78 is 26.8. The Morgan fingerprint density at radius 2 is 1.06 bits per heavy atom. The molecule has 0 radical (unpaired) electrons. The molecule has 0 heterocycles. The fourth-order valence-electron chi connectivity index (χ4n) is 5.40. The van der Waals surface area contributed by atoms with Gasteiger partial charge in [-0.1, -0.05) is 134 Å². The van der Waals surface area contributed by atoms with Crippen molar-refractivity contribution in [2.24, 2.45) is 0 Å². The van der Waals surface area contributed by atoms with Crippen molar-refractivity contribution in [1.82, 2.24) is 5.32 Å². The summed E-state index contributed by atoms with van der Waals surface area (Å²) in [5.74, 6) is -0.534. The summed E-state index contributed by atoms with van der Waals surface area (Å²) >= 11 is 0. The number of nitrogens with one attached hydrogen (secondary N) is 1. The summed E-state index contributed by atoms with van der Waals surface area (Å²) in [6, 6.07) is 0. The van der Waals surface area contributed by atoms with Crippen molar-refractivity contribution in [3.05, 3.63) is 36.5 Å². The van der Waals surface area contributed by atoms with E-state index in [2.05, 4.69) is 55.6 Å². The Morgan fingerprint density at radius 1 is 0.608 bits per heavy atom. The molecule has 0 bridgehead atoms. The van der Waals surface area contributed by atoms with Gasteiger partial charge in [0.15, 0.2) is 0 Å². The lowest BCUT2D eigenvalue weighted by Gasteiger charge is -2.15. The molecule has 0 aliphatic rings. The van der Waals surface area contributed by atoms with Crippen LogP contribution >= 0.6 is 7.82 Å².